The minimum absolute atomic E-state index is 0.0282. The monoisotopic (exact) mass is 282 g/mol. The summed E-state index contributed by atoms with van der Waals surface area (Å²) in [6.07, 6.45) is 0. The third-order valence-corrected chi connectivity index (χ3v) is 3.18. The van der Waals surface area contributed by atoms with Crippen molar-refractivity contribution in [1.82, 2.24) is 10.6 Å². The van der Waals surface area contributed by atoms with Crippen LogP contribution in [0, 0.1) is 6.92 Å². The molecule has 108 valence electrons. The van der Waals surface area contributed by atoms with E-state index in [4.69, 9.17) is 0 Å². The lowest BCUT2D eigenvalue weighted by molar-refractivity contribution is -0.120. The first-order valence-electron chi connectivity index (χ1n) is 6.81. The lowest BCUT2D eigenvalue weighted by Gasteiger charge is -2.08. The number of carbonyl (C=O) groups is 2. The van der Waals surface area contributed by atoms with Gasteiger partial charge in [-0.1, -0.05) is 42.5 Å². The molecular weight excluding hydrogens is 264 g/mol. The van der Waals surface area contributed by atoms with Crippen LogP contribution in [0.25, 0.3) is 0 Å². The smallest absolute Gasteiger partial charge is 0.251 e. The fourth-order valence-electron chi connectivity index (χ4n) is 1.92. The fourth-order valence-corrected chi connectivity index (χ4v) is 1.92. The van der Waals surface area contributed by atoms with Crippen LogP contribution in [0.1, 0.15) is 21.5 Å². The average molecular weight is 282 g/mol. The van der Waals surface area contributed by atoms with Crippen LogP contribution in [0.2, 0.25) is 0 Å². The highest BCUT2D eigenvalue weighted by Crippen LogP contribution is 2.05. The van der Waals surface area contributed by atoms with Gasteiger partial charge in [0.1, 0.15) is 0 Å². The van der Waals surface area contributed by atoms with Gasteiger partial charge in [0.05, 0.1) is 6.54 Å². The largest absolute Gasteiger partial charge is 0.350 e. The summed E-state index contributed by atoms with van der Waals surface area (Å²) in [6.45, 7) is 2.44. The summed E-state index contributed by atoms with van der Waals surface area (Å²) >= 11 is 0. The third-order valence-electron chi connectivity index (χ3n) is 3.18. The lowest BCUT2D eigenvalue weighted by Crippen LogP contribution is -2.36. The number of benzene rings is 2. The molecule has 21 heavy (non-hydrogen) atoms. The van der Waals surface area contributed by atoms with Crippen LogP contribution in [0.3, 0.4) is 0 Å². The van der Waals surface area contributed by atoms with E-state index in [0.29, 0.717) is 12.1 Å². The zero-order valence-electron chi connectivity index (χ0n) is 11.9. The van der Waals surface area contributed by atoms with Gasteiger partial charge < -0.3 is 10.6 Å². The summed E-state index contributed by atoms with van der Waals surface area (Å²) in [4.78, 5) is 23.5. The van der Waals surface area contributed by atoms with Crippen molar-refractivity contribution in [1.29, 1.82) is 0 Å². The van der Waals surface area contributed by atoms with Gasteiger partial charge in [-0.05, 0) is 30.2 Å². The van der Waals surface area contributed by atoms with Crippen molar-refractivity contribution in [3.63, 3.8) is 0 Å². The number of hydrogen-bond donors (Lipinski definition) is 2. The van der Waals surface area contributed by atoms with E-state index in [9.17, 15) is 9.59 Å². The highest BCUT2D eigenvalue weighted by Gasteiger charge is 2.07. The molecule has 0 atom stereocenters. The van der Waals surface area contributed by atoms with Crippen LogP contribution in [0.4, 0.5) is 0 Å². The molecule has 0 fully saturated rings. The van der Waals surface area contributed by atoms with Crippen molar-refractivity contribution in [2.75, 3.05) is 6.54 Å². The molecule has 0 radical (unpaired) electrons. The molecule has 2 amide bonds. The van der Waals surface area contributed by atoms with Crippen LogP contribution in [-0.4, -0.2) is 18.4 Å². The summed E-state index contributed by atoms with van der Waals surface area (Å²) in [6, 6.07) is 16.7. The molecule has 0 bridgehead atoms. The average Bonchev–Trinajstić information content (AvgIpc) is 2.52. The molecule has 0 heterocycles. The molecule has 0 aromatic heterocycles. The Hall–Kier alpha value is -2.62. The van der Waals surface area contributed by atoms with Crippen LogP contribution in [0.15, 0.2) is 54.6 Å². The van der Waals surface area contributed by atoms with E-state index in [1.165, 1.54) is 0 Å². The standard InChI is InChI=1S/C17H18N2O2/c1-13-7-5-6-10-15(13)11-18-16(20)12-19-17(21)14-8-3-2-4-9-14/h2-10H,11-12H2,1H3,(H,18,20)(H,19,21). The Morgan fingerprint density at radius 3 is 2.29 bits per heavy atom. The Bertz CT molecular complexity index is 624. The van der Waals surface area contributed by atoms with Crippen molar-refractivity contribution in [3.05, 3.63) is 71.3 Å². The van der Waals surface area contributed by atoms with E-state index in [0.717, 1.165) is 11.1 Å². The highest BCUT2D eigenvalue weighted by molar-refractivity contribution is 5.96. The van der Waals surface area contributed by atoms with E-state index in [1.54, 1.807) is 24.3 Å². The number of carbonyl (C=O) groups excluding carboxylic acids is 2. The first-order chi connectivity index (χ1) is 10.2. The third kappa shape index (κ3) is 4.45. The molecule has 2 aromatic rings. The van der Waals surface area contributed by atoms with Crippen LogP contribution >= 0.6 is 0 Å². The van der Waals surface area contributed by atoms with Gasteiger partial charge in [0.2, 0.25) is 5.91 Å². The second-order valence-electron chi connectivity index (χ2n) is 4.75. The molecule has 4 nitrogen and oxygen atoms in total. The molecule has 2 N–H and O–H groups in total. The van der Waals surface area contributed by atoms with E-state index < -0.39 is 0 Å². The van der Waals surface area contributed by atoms with Gasteiger partial charge in [0.15, 0.2) is 0 Å². The Morgan fingerprint density at radius 1 is 0.905 bits per heavy atom. The van der Waals surface area contributed by atoms with Crippen molar-refractivity contribution in [2.45, 2.75) is 13.5 Å². The number of aryl methyl sites for hydroxylation is 1. The van der Waals surface area contributed by atoms with Crippen molar-refractivity contribution in [2.24, 2.45) is 0 Å². The molecule has 2 rings (SSSR count). The number of rotatable bonds is 5. The Morgan fingerprint density at radius 2 is 1.57 bits per heavy atom. The molecule has 0 unspecified atom stereocenters. The molecule has 0 aliphatic carbocycles. The van der Waals surface area contributed by atoms with Gasteiger partial charge in [0.25, 0.3) is 5.91 Å². The molecule has 0 saturated carbocycles. The zero-order chi connectivity index (χ0) is 15.1. The zero-order valence-corrected chi connectivity index (χ0v) is 11.9. The van der Waals surface area contributed by atoms with Crippen LogP contribution in [-0.2, 0) is 11.3 Å². The van der Waals surface area contributed by atoms with Gasteiger partial charge in [-0.2, -0.15) is 0 Å². The van der Waals surface area contributed by atoms with Crippen molar-refractivity contribution in [3.8, 4) is 0 Å². The molecule has 0 aliphatic heterocycles. The number of hydrogen-bond acceptors (Lipinski definition) is 2. The maximum absolute atomic E-state index is 11.8. The normalized spacial score (nSPS) is 9.95. The second-order valence-corrected chi connectivity index (χ2v) is 4.75. The molecular formula is C17H18N2O2. The molecule has 4 heteroatoms. The summed E-state index contributed by atoms with van der Waals surface area (Å²) in [5.41, 5.74) is 2.75. The summed E-state index contributed by atoms with van der Waals surface area (Å²) in [5.74, 6) is -0.454. The summed E-state index contributed by atoms with van der Waals surface area (Å²) < 4.78 is 0. The van der Waals surface area contributed by atoms with Crippen LogP contribution < -0.4 is 10.6 Å². The first-order valence-corrected chi connectivity index (χ1v) is 6.81. The van der Waals surface area contributed by atoms with Crippen molar-refractivity contribution < 1.29 is 9.59 Å². The van der Waals surface area contributed by atoms with Gasteiger partial charge in [0, 0.05) is 12.1 Å². The van der Waals surface area contributed by atoms with Gasteiger partial charge >= 0.3 is 0 Å². The van der Waals surface area contributed by atoms with Gasteiger partial charge in [-0.25, -0.2) is 0 Å². The Balaban J connectivity index is 1.78. The Labute approximate surface area is 124 Å². The topological polar surface area (TPSA) is 58.2 Å². The van der Waals surface area contributed by atoms with E-state index >= 15 is 0 Å². The molecule has 0 aliphatic rings. The maximum atomic E-state index is 11.8. The predicted octanol–water partition coefficient (Wildman–Crippen LogP) is 2.04. The molecule has 0 spiro atoms. The molecule has 0 saturated heterocycles. The maximum Gasteiger partial charge on any atom is 0.251 e. The van der Waals surface area contributed by atoms with Crippen molar-refractivity contribution >= 4 is 11.8 Å². The quantitative estimate of drug-likeness (QED) is 0.881. The molecule has 2 aromatic carbocycles. The lowest BCUT2D eigenvalue weighted by atomic mass is 10.1. The van der Waals surface area contributed by atoms with Gasteiger partial charge in [-0.3, -0.25) is 9.59 Å². The van der Waals surface area contributed by atoms with Gasteiger partial charge in [-0.15, -0.1) is 0 Å². The van der Waals surface area contributed by atoms with Crippen LogP contribution in [0.5, 0.6) is 0 Å². The minimum atomic E-state index is -0.248. The second kappa shape index (κ2) is 7.24. The van der Waals surface area contributed by atoms with E-state index in [-0.39, 0.29) is 18.4 Å². The van der Waals surface area contributed by atoms with E-state index in [2.05, 4.69) is 10.6 Å². The minimum Gasteiger partial charge on any atom is -0.350 e. The highest BCUT2D eigenvalue weighted by atomic mass is 16.2. The predicted molar refractivity (Wildman–Crippen MR) is 81.8 cm³/mol. The SMILES string of the molecule is Cc1ccccc1CNC(=O)CNC(=O)c1ccccc1. The van der Waals surface area contributed by atoms with E-state index in [1.807, 2.05) is 37.3 Å². The summed E-state index contributed by atoms with van der Waals surface area (Å²) in [7, 11) is 0. The fraction of sp³-hybridized carbons (Fsp3) is 0.176. The summed E-state index contributed by atoms with van der Waals surface area (Å²) in [5, 5.41) is 5.39. The number of amides is 2. The Kier molecular flexibility index (Phi) is 5.10. The number of nitrogens with one attached hydrogen (secondary N) is 2. The first kappa shape index (κ1) is 14.8.